The molecule has 0 saturated carbocycles. The molecule has 1 aromatic carbocycles. The number of rotatable bonds is 3. The van der Waals surface area contributed by atoms with Crippen molar-refractivity contribution in [3.05, 3.63) is 44.2 Å². The first-order chi connectivity index (χ1) is 7.43. The van der Waals surface area contributed by atoms with Gasteiger partial charge in [0.2, 0.25) is 0 Å². The lowest BCUT2D eigenvalue weighted by Gasteiger charge is -2.01. The predicted octanol–water partition coefficient (Wildman–Crippen LogP) is 2.59. The highest BCUT2D eigenvalue weighted by atomic mass is 79.9. The summed E-state index contributed by atoms with van der Waals surface area (Å²) in [7, 11) is 0. The Labute approximate surface area is 97.5 Å². The van der Waals surface area contributed by atoms with Gasteiger partial charge in [0.25, 0.3) is 5.69 Å². The van der Waals surface area contributed by atoms with Crippen LogP contribution in [0.25, 0.3) is 6.08 Å². The van der Waals surface area contributed by atoms with Crippen LogP contribution in [0.5, 0.6) is 0 Å². The zero-order valence-corrected chi connectivity index (χ0v) is 9.27. The quantitative estimate of drug-likeness (QED) is 0.527. The van der Waals surface area contributed by atoms with Crippen molar-refractivity contribution in [1.29, 1.82) is 0 Å². The van der Waals surface area contributed by atoms with Crippen LogP contribution in [0.1, 0.15) is 5.56 Å². The molecule has 0 radical (unpaired) electrons. The SMILES string of the molecule is O=C(O)/C=C/c1c(F)ccc([N+](=O)[O-])c1Br. The van der Waals surface area contributed by atoms with Crippen LogP contribution in [-0.2, 0) is 4.79 Å². The van der Waals surface area contributed by atoms with Gasteiger partial charge in [0, 0.05) is 17.7 Å². The maximum absolute atomic E-state index is 13.2. The van der Waals surface area contributed by atoms with E-state index in [1.54, 1.807) is 0 Å². The molecule has 0 aliphatic rings. The van der Waals surface area contributed by atoms with Crippen LogP contribution in [0.3, 0.4) is 0 Å². The van der Waals surface area contributed by atoms with Crippen LogP contribution < -0.4 is 0 Å². The second kappa shape index (κ2) is 4.84. The number of carboxylic acids is 1. The molecule has 16 heavy (non-hydrogen) atoms. The summed E-state index contributed by atoms with van der Waals surface area (Å²) in [5, 5.41) is 18.9. The van der Waals surface area contributed by atoms with E-state index in [2.05, 4.69) is 15.9 Å². The molecular formula is C9H5BrFNO4. The molecule has 0 amide bonds. The lowest BCUT2D eigenvalue weighted by atomic mass is 10.1. The first kappa shape index (κ1) is 12.3. The molecule has 0 unspecified atom stereocenters. The van der Waals surface area contributed by atoms with Crippen molar-refractivity contribution < 1.29 is 19.2 Å². The number of nitro benzene ring substituents is 1. The Hall–Kier alpha value is -1.76. The highest BCUT2D eigenvalue weighted by Crippen LogP contribution is 2.31. The van der Waals surface area contributed by atoms with Crippen LogP contribution >= 0.6 is 15.9 Å². The number of hydrogen-bond donors (Lipinski definition) is 1. The van der Waals surface area contributed by atoms with Crippen molar-refractivity contribution in [2.45, 2.75) is 0 Å². The molecule has 1 rings (SSSR count). The van der Waals surface area contributed by atoms with Gasteiger partial charge in [-0.2, -0.15) is 0 Å². The first-order valence-corrected chi connectivity index (χ1v) is 4.76. The van der Waals surface area contributed by atoms with E-state index >= 15 is 0 Å². The zero-order valence-electron chi connectivity index (χ0n) is 7.68. The van der Waals surface area contributed by atoms with Crippen LogP contribution in [0.4, 0.5) is 10.1 Å². The molecular weight excluding hydrogens is 285 g/mol. The molecule has 0 saturated heterocycles. The van der Waals surface area contributed by atoms with E-state index in [9.17, 15) is 19.3 Å². The third-order valence-corrected chi connectivity index (χ3v) is 2.53. The van der Waals surface area contributed by atoms with Gasteiger partial charge in [-0.15, -0.1) is 0 Å². The van der Waals surface area contributed by atoms with Gasteiger partial charge in [-0.05, 0) is 28.1 Å². The second-order valence-corrected chi connectivity index (χ2v) is 3.52. The molecule has 7 heteroatoms. The van der Waals surface area contributed by atoms with E-state index < -0.39 is 16.7 Å². The Morgan fingerprint density at radius 1 is 1.56 bits per heavy atom. The van der Waals surface area contributed by atoms with Gasteiger partial charge in [-0.1, -0.05) is 0 Å². The fourth-order valence-corrected chi connectivity index (χ4v) is 1.60. The molecule has 0 heterocycles. The highest BCUT2D eigenvalue weighted by Gasteiger charge is 2.17. The monoisotopic (exact) mass is 289 g/mol. The van der Waals surface area contributed by atoms with E-state index in [1.807, 2.05) is 0 Å². The number of nitro groups is 1. The van der Waals surface area contributed by atoms with Gasteiger partial charge in [-0.25, -0.2) is 9.18 Å². The zero-order chi connectivity index (χ0) is 12.3. The molecule has 5 nitrogen and oxygen atoms in total. The van der Waals surface area contributed by atoms with E-state index in [0.717, 1.165) is 18.2 Å². The predicted molar refractivity (Wildman–Crippen MR) is 57.4 cm³/mol. The van der Waals surface area contributed by atoms with Crippen molar-refractivity contribution in [3.8, 4) is 0 Å². The van der Waals surface area contributed by atoms with Gasteiger partial charge in [0.15, 0.2) is 0 Å². The topological polar surface area (TPSA) is 80.4 Å². The average molecular weight is 290 g/mol. The largest absolute Gasteiger partial charge is 0.478 e. The summed E-state index contributed by atoms with van der Waals surface area (Å²) in [5.74, 6) is -2.01. The number of hydrogen-bond acceptors (Lipinski definition) is 3. The molecule has 84 valence electrons. The third-order valence-electron chi connectivity index (χ3n) is 1.70. The number of nitrogens with zero attached hydrogens (tertiary/aromatic N) is 1. The summed E-state index contributed by atoms with van der Waals surface area (Å²) in [5.41, 5.74) is -0.497. The van der Waals surface area contributed by atoms with E-state index in [-0.39, 0.29) is 15.7 Å². The number of carbonyl (C=O) groups is 1. The van der Waals surface area contributed by atoms with Gasteiger partial charge in [-0.3, -0.25) is 10.1 Å². The van der Waals surface area contributed by atoms with Crippen molar-refractivity contribution in [3.63, 3.8) is 0 Å². The number of carboxylic acid groups (broad SMARTS) is 1. The maximum Gasteiger partial charge on any atom is 0.328 e. The Balaban J connectivity index is 3.32. The van der Waals surface area contributed by atoms with Crippen molar-refractivity contribution in [2.75, 3.05) is 0 Å². The maximum atomic E-state index is 13.2. The summed E-state index contributed by atoms with van der Waals surface area (Å²) >= 11 is 2.86. The summed E-state index contributed by atoms with van der Waals surface area (Å²) in [6.07, 6.45) is 1.65. The lowest BCUT2D eigenvalue weighted by Crippen LogP contribution is -1.94. The molecule has 0 fully saturated rings. The Kier molecular flexibility index (Phi) is 3.73. The summed E-state index contributed by atoms with van der Waals surface area (Å²) in [4.78, 5) is 20.1. The Morgan fingerprint density at radius 2 is 2.19 bits per heavy atom. The standard InChI is InChI=1S/C9H5BrFNO4/c10-9-5(1-4-8(13)14)6(11)2-3-7(9)12(15)16/h1-4H,(H,13,14)/b4-1+. The second-order valence-electron chi connectivity index (χ2n) is 2.72. The fourth-order valence-electron chi connectivity index (χ4n) is 1.01. The summed E-state index contributed by atoms with van der Waals surface area (Å²) in [6, 6.07) is 1.90. The average Bonchev–Trinajstić information content (AvgIpc) is 2.16. The molecule has 0 bridgehead atoms. The molecule has 0 atom stereocenters. The summed E-state index contributed by atoms with van der Waals surface area (Å²) < 4.78 is 13.2. The molecule has 0 spiro atoms. The van der Waals surface area contributed by atoms with Gasteiger partial charge < -0.3 is 5.11 Å². The van der Waals surface area contributed by atoms with Crippen LogP contribution in [-0.4, -0.2) is 16.0 Å². The van der Waals surface area contributed by atoms with E-state index in [0.29, 0.717) is 6.08 Å². The smallest absolute Gasteiger partial charge is 0.328 e. The number of halogens is 2. The lowest BCUT2D eigenvalue weighted by molar-refractivity contribution is -0.385. The van der Waals surface area contributed by atoms with Crippen LogP contribution in [0, 0.1) is 15.9 Å². The van der Waals surface area contributed by atoms with Crippen molar-refractivity contribution in [2.24, 2.45) is 0 Å². The van der Waals surface area contributed by atoms with Gasteiger partial charge in [0.05, 0.1) is 4.92 Å². The fraction of sp³-hybridized carbons (Fsp3) is 0. The first-order valence-electron chi connectivity index (χ1n) is 3.97. The minimum atomic E-state index is -1.27. The Bertz CT molecular complexity index is 487. The van der Waals surface area contributed by atoms with Crippen LogP contribution in [0.15, 0.2) is 22.7 Å². The van der Waals surface area contributed by atoms with Gasteiger partial charge >= 0.3 is 5.97 Å². The molecule has 1 aromatic rings. The number of aliphatic carboxylic acids is 1. The highest BCUT2D eigenvalue weighted by molar-refractivity contribution is 9.10. The minimum absolute atomic E-state index is 0.0880. The number of benzene rings is 1. The van der Waals surface area contributed by atoms with Gasteiger partial charge in [0.1, 0.15) is 10.3 Å². The third kappa shape index (κ3) is 2.63. The molecule has 0 aromatic heterocycles. The Morgan fingerprint density at radius 3 is 2.69 bits per heavy atom. The van der Waals surface area contributed by atoms with Crippen molar-refractivity contribution in [1.82, 2.24) is 0 Å². The summed E-state index contributed by atoms with van der Waals surface area (Å²) in [6.45, 7) is 0. The van der Waals surface area contributed by atoms with E-state index in [1.165, 1.54) is 0 Å². The normalized spacial score (nSPS) is 10.6. The van der Waals surface area contributed by atoms with Crippen molar-refractivity contribution >= 4 is 33.7 Å². The molecule has 0 aliphatic carbocycles. The van der Waals surface area contributed by atoms with Crippen LogP contribution in [0.2, 0.25) is 0 Å². The minimum Gasteiger partial charge on any atom is -0.478 e. The molecule has 1 N–H and O–H groups in total. The molecule has 0 aliphatic heterocycles. The van der Waals surface area contributed by atoms with E-state index in [4.69, 9.17) is 5.11 Å².